The Kier molecular flexibility index (Phi) is 4.13. The number of rotatable bonds is 4. The van der Waals surface area contributed by atoms with E-state index in [2.05, 4.69) is 31.0 Å². The lowest BCUT2D eigenvalue weighted by Crippen LogP contribution is -2.10. The number of halogens is 1. The molecule has 7 nitrogen and oxygen atoms in total. The predicted octanol–water partition coefficient (Wildman–Crippen LogP) is 3.28. The van der Waals surface area contributed by atoms with Crippen molar-refractivity contribution in [2.24, 2.45) is 0 Å². The molecule has 0 aliphatic heterocycles. The first-order valence-corrected chi connectivity index (χ1v) is 9.75. The van der Waals surface area contributed by atoms with Gasteiger partial charge in [-0.1, -0.05) is 11.3 Å². The van der Waals surface area contributed by atoms with Crippen molar-refractivity contribution in [1.29, 1.82) is 0 Å². The van der Waals surface area contributed by atoms with E-state index >= 15 is 0 Å². The van der Waals surface area contributed by atoms with Gasteiger partial charge in [0.2, 0.25) is 10.0 Å². The standard InChI is InChI=1S/C13H10BrN3O4S2/c1-23(19,20)17-13-16-8-3-2-7(6-10(8)22-13)15-12(18)9-4-5-11(14)21-9/h2-6H,1H3,(H,15,18)(H,16,17). The molecule has 2 aromatic heterocycles. The number of carbonyl (C=O) groups is 1. The minimum Gasteiger partial charge on any atom is -0.444 e. The first-order valence-electron chi connectivity index (χ1n) is 6.25. The molecule has 2 heterocycles. The largest absolute Gasteiger partial charge is 0.444 e. The molecule has 10 heteroatoms. The molecule has 3 aromatic rings. The number of sulfonamides is 1. The van der Waals surface area contributed by atoms with E-state index in [1.54, 1.807) is 30.3 Å². The monoisotopic (exact) mass is 415 g/mol. The van der Waals surface area contributed by atoms with Crippen LogP contribution in [0.1, 0.15) is 10.6 Å². The minimum absolute atomic E-state index is 0.181. The van der Waals surface area contributed by atoms with Crippen LogP contribution in [0.2, 0.25) is 0 Å². The molecule has 0 aliphatic carbocycles. The summed E-state index contributed by atoms with van der Waals surface area (Å²) < 4.78 is 31.2. The fourth-order valence-corrected chi connectivity index (χ4v) is 3.88. The van der Waals surface area contributed by atoms with Gasteiger partial charge in [-0.3, -0.25) is 9.52 Å². The fourth-order valence-electron chi connectivity index (χ4n) is 1.83. The Balaban J connectivity index is 1.83. The van der Waals surface area contributed by atoms with Gasteiger partial charge >= 0.3 is 0 Å². The van der Waals surface area contributed by atoms with Gasteiger partial charge in [0.15, 0.2) is 15.6 Å². The molecule has 3 rings (SSSR count). The molecule has 0 saturated heterocycles. The van der Waals surface area contributed by atoms with Gasteiger partial charge in [0.25, 0.3) is 5.91 Å². The molecule has 0 aliphatic rings. The van der Waals surface area contributed by atoms with Gasteiger partial charge in [0.1, 0.15) is 0 Å². The third kappa shape index (κ3) is 3.89. The second-order valence-corrected chi connectivity index (χ2v) is 8.19. The van der Waals surface area contributed by atoms with Crippen molar-refractivity contribution in [2.45, 2.75) is 0 Å². The third-order valence-corrected chi connectivity index (χ3v) is 4.77. The fraction of sp³-hybridized carbons (Fsp3) is 0.0769. The summed E-state index contributed by atoms with van der Waals surface area (Å²) in [4.78, 5) is 16.2. The van der Waals surface area contributed by atoms with Crippen molar-refractivity contribution in [3.63, 3.8) is 0 Å². The SMILES string of the molecule is CS(=O)(=O)Nc1nc2ccc(NC(=O)c3ccc(Br)o3)cc2s1. The van der Waals surface area contributed by atoms with Crippen LogP contribution in [0, 0.1) is 0 Å². The highest BCUT2D eigenvalue weighted by molar-refractivity contribution is 9.10. The minimum atomic E-state index is -3.38. The molecule has 0 spiro atoms. The highest BCUT2D eigenvalue weighted by atomic mass is 79.9. The molecule has 0 fully saturated rings. The van der Waals surface area contributed by atoms with Crippen LogP contribution < -0.4 is 10.0 Å². The summed E-state index contributed by atoms with van der Waals surface area (Å²) in [7, 11) is -3.38. The average Bonchev–Trinajstić information content (AvgIpc) is 3.02. The molecule has 0 unspecified atom stereocenters. The number of aromatic nitrogens is 1. The van der Waals surface area contributed by atoms with Gasteiger partial charge in [0.05, 0.1) is 16.5 Å². The van der Waals surface area contributed by atoms with Crippen LogP contribution in [0.4, 0.5) is 10.8 Å². The molecule has 23 heavy (non-hydrogen) atoms. The van der Waals surface area contributed by atoms with Gasteiger partial charge < -0.3 is 9.73 Å². The molecule has 0 saturated carbocycles. The van der Waals surface area contributed by atoms with Gasteiger partial charge in [-0.2, -0.15) is 0 Å². The molecule has 1 amide bonds. The second kappa shape index (κ2) is 5.95. The Morgan fingerprint density at radius 3 is 2.74 bits per heavy atom. The summed E-state index contributed by atoms with van der Waals surface area (Å²) in [5, 5.41) is 2.99. The number of thiazole rings is 1. The van der Waals surface area contributed by atoms with E-state index < -0.39 is 10.0 Å². The highest BCUT2D eigenvalue weighted by Gasteiger charge is 2.12. The number of hydrogen-bond donors (Lipinski definition) is 2. The quantitative estimate of drug-likeness (QED) is 0.680. The summed E-state index contributed by atoms with van der Waals surface area (Å²) in [5.74, 6) is -0.199. The van der Waals surface area contributed by atoms with Gasteiger partial charge in [-0.25, -0.2) is 13.4 Å². The summed E-state index contributed by atoms with van der Waals surface area (Å²) in [5.41, 5.74) is 1.20. The first kappa shape index (κ1) is 16.0. The number of hydrogen-bond acceptors (Lipinski definition) is 6. The van der Waals surface area contributed by atoms with Gasteiger partial charge in [-0.05, 0) is 46.3 Å². The van der Waals surface area contributed by atoms with Crippen molar-refractivity contribution in [2.75, 3.05) is 16.3 Å². The van der Waals surface area contributed by atoms with Crippen LogP contribution in [-0.4, -0.2) is 25.6 Å². The van der Waals surface area contributed by atoms with Crippen molar-refractivity contribution >= 4 is 64.2 Å². The highest BCUT2D eigenvalue weighted by Crippen LogP contribution is 2.29. The number of nitrogens with zero attached hydrogens (tertiary/aromatic N) is 1. The van der Waals surface area contributed by atoms with Crippen LogP contribution in [0.3, 0.4) is 0 Å². The van der Waals surface area contributed by atoms with Crippen LogP contribution in [0.5, 0.6) is 0 Å². The number of benzene rings is 1. The zero-order chi connectivity index (χ0) is 16.6. The van der Waals surface area contributed by atoms with Gasteiger partial charge in [0, 0.05) is 5.69 Å². The number of anilines is 2. The smallest absolute Gasteiger partial charge is 0.291 e. The Morgan fingerprint density at radius 2 is 2.09 bits per heavy atom. The summed E-state index contributed by atoms with van der Waals surface area (Å²) in [6, 6.07) is 8.29. The Bertz CT molecular complexity index is 994. The molecule has 2 N–H and O–H groups in total. The molecule has 0 radical (unpaired) electrons. The van der Waals surface area contributed by atoms with Crippen molar-refractivity contribution in [1.82, 2.24) is 4.98 Å². The second-order valence-electron chi connectivity index (χ2n) is 4.63. The number of fused-ring (bicyclic) bond motifs is 1. The van der Waals surface area contributed by atoms with Crippen LogP contribution in [0.15, 0.2) is 39.4 Å². The first-order chi connectivity index (χ1) is 10.8. The number of furan rings is 1. The summed E-state index contributed by atoms with van der Waals surface area (Å²) in [6.07, 6.45) is 1.06. The number of amides is 1. The van der Waals surface area contributed by atoms with E-state index in [0.29, 0.717) is 15.9 Å². The summed E-state index contributed by atoms with van der Waals surface area (Å²) >= 11 is 4.32. The molecule has 1 aromatic carbocycles. The van der Waals surface area contributed by atoms with Gasteiger partial charge in [-0.15, -0.1) is 0 Å². The summed E-state index contributed by atoms with van der Waals surface area (Å²) in [6.45, 7) is 0. The van der Waals surface area contributed by atoms with Crippen LogP contribution in [-0.2, 0) is 10.0 Å². The maximum atomic E-state index is 12.0. The lowest BCUT2D eigenvalue weighted by Gasteiger charge is -2.02. The maximum Gasteiger partial charge on any atom is 0.291 e. The normalized spacial score (nSPS) is 11.6. The topological polar surface area (TPSA) is 101 Å². The predicted molar refractivity (Wildman–Crippen MR) is 92.4 cm³/mol. The number of carbonyl (C=O) groups excluding carboxylic acids is 1. The van der Waals surface area contributed by atoms with Crippen LogP contribution >= 0.6 is 27.3 Å². The number of nitrogens with one attached hydrogen (secondary N) is 2. The van der Waals surface area contributed by atoms with E-state index in [0.717, 1.165) is 11.0 Å². The van der Waals surface area contributed by atoms with Crippen molar-refractivity contribution < 1.29 is 17.6 Å². The lowest BCUT2D eigenvalue weighted by atomic mass is 10.3. The maximum absolute atomic E-state index is 12.0. The average molecular weight is 416 g/mol. The van der Waals surface area contributed by atoms with Crippen molar-refractivity contribution in [3.05, 3.63) is 40.8 Å². The van der Waals surface area contributed by atoms with E-state index in [-0.39, 0.29) is 16.8 Å². The Morgan fingerprint density at radius 1 is 1.30 bits per heavy atom. The zero-order valence-corrected chi connectivity index (χ0v) is 14.9. The molecule has 0 atom stereocenters. The van der Waals surface area contributed by atoms with Crippen molar-refractivity contribution in [3.8, 4) is 0 Å². The molecular weight excluding hydrogens is 406 g/mol. The zero-order valence-electron chi connectivity index (χ0n) is 11.7. The van der Waals surface area contributed by atoms with Crippen LogP contribution in [0.25, 0.3) is 10.2 Å². The third-order valence-electron chi connectivity index (χ3n) is 2.72. The van der Waals surface area contributed by atoms with E-state index in [1.165, 1.54) is 11.3 Å². The van der Waals surface area contributed by atoms with E-state index in [1.807, 2.05) is 0 Å². The molecule has 0 bridgehead atoms. The molecular formula is C13H10BrN3O4S2. The Hall–Kier alpha value is -1.91. The van der Waals surface area contributed by atoms with E-state index in [4.69, 9.17) is 4.42 Å². The van der Waals surface area contributed by atoms with E-state index in [9.17, 15) is 13.2 Å². The molecule has 120 valence electrons. The lowest BCUT2D eigenvalue weighted by molar-refractivity contribution is 0.0995. The Labute approximate surface area is 143 Å².